The minimum Gasteiger partial charge on any atom is -0.468 e. The van der Waals surface area contributed by atoms with Gasteiger partial charge in [0.15, 0.2) is 5.43 Å². The average Bonchev–Trinajstić information content (AvgIpc) is 2.93. The second kappa shape index (κ2) is 5.59. The summed E-state index contributed by atoms with van der Waals surface area (Å²) in [6, 6.07) is 11.4. The van der Waals surface area contributed by atoms with Gasteiger partial charge in [0.2, 0.25) is 0 Å². The zero-order valence-electron chi connectivity index (χ0n) is 11.2. The normalized spacial score (nSPS) is 11.1. The maximum Gasteiger partial charge on any atom is 0.189 e. The molecule has 0 aliphatic carbocycles. The SMILES string of the molecule is Cc1ccc2[nH]c(CSCc3ccco3)cc(=O)c2c1. The van der Waals surface area contributed by atoms with Crippen LogP contribution in [0.5, 0.6) is 0 Å². The van der Waals surface area contributed by atoms with Crippen LogP contribution in [0.2, 0.25) is 0 Å². The minimum atomic E-state index is 0.0797. The lowest BCUT2D eigenvalue weighted by Crippen LogP contribution is -2.04. The Labute approximate surface area is 121 Å². The zero-order valence-corrected chi connectivity index (χ0v) is 12.0. The number of nitrogens with one attached hydrogen (secondary N) is 1. The smallest absolute Gasteiger partial charge is 0.189 e. The van der Waals surface area contributed by atoms with Crippen molar-refractivity contribution in [2.75, 3.05) is 0 Å². The molecule has 1 N–H and O–H groups in total. The van der Waals surface area contributed by atoms with Crippen molar-refractivity contribution in [1.82, 2.24) is 4.98 Å². The van der Waals surface area contributed by atoms with Crippen molar-refractivity contribution in [3.05, 3.63) is 69.9 Å². The first-order chi connectivity index (χ1) is 9.72. The van der Waals surface area contributed by atoms with Crippen LogP contribution < -0.4 is 5.43 Å². The summed E-state index contributed by atoms with van der Waals surface area (Å²) in [5.41, 5.74) is 3.03. The highest BCUT2D eigenvalue weighted by Gasteiger charge is 2.03. The van der Waals surface area contributed by atoms with Gasteiger partial charge in [0.05, 0.1) is 12.0 Å². The third kappa shape index (κ3) is 2.80. The highest BCUT2D eigenvalue weighted by atomic mass is 32.2. The average molecular weight is 285 g/mol. The molecule has 20 heavy (non-hydrogen) atoms. The summed E-state index contributed by atoms with van der Waals surface area (Å²) in [7, 11) is 0. The number of pyridine rings is 1. The summed E-state index contributed by atoms with van der Waals surface area (Å²) in [5.74, 6) is 2.52. The number of aromatic amines is 1. The molecule has 0 spiro atoms. The lowest BCUT2D eigenvalue weighted by molar-refractivity contribution is 0.530. The molecule has 4 heteroatoms. The highest BCUT2D eigenvalue weighted by molar-refractivity contribution is 7.97. The van der Waals surface area contributed by atoms with E-state index in [0.29, 0.717) is 0 Å². The molecule has 3 nitrogen and oxygen atoms in total. The van der Waals surface area contributed by atoms with E-state index in [2.05, 4.69) is 4.98 Å². The molecule has 0 aliphatic rings. The largest absolute Gasteiger partial charge is 0.468 e. The molecule has 0 atom stereocenters. The number of aromatic nitrogens is 1. The first kappa shape index (κ1) is 13.1. The highest BCUT2D eigenvalue weighted by Crippen LogP contribution is 2.18. The predicted octanol–water partition coefficient (Wildman–Crippen LogP) is 3.86. The Kier molecular flexibility index (Phi) is 3.65. The molecule has 1 aromatic carbocycles. The van der Waals surface area contributed by atoms with Gasteiger partial charge in [0.25, 0.3) is 0 Å². The van der Waals surface area contributed by atoms with Crippen LogP contribution in [0, 0.1) is 6.92 Å². The van der Waals surface area contributed by atoms with Gasteiger partial charge < -0.3 is 9.40 Å². The topological polar surface area (TPSA) is 46.0 Å². The molecule has 0 amide bonds. The van der Waals surface area contributed by atoms with Crippen LogP contribution in [-0.2, 0) is 11.5 Å². The molecule has 0 saturated heterocycles. The van der Waals surface area contributed by atoms with Crippen molar-refractivity contribution >= 4 is 22.7 Å². The number of hydrogen-bond acceptors (Lipinski definition) is 3. The molecule has 0 bridgehead atoms. The monoisotopic (exact) mass is 285 g/mol. The number of furan rings is 1. The fourth-order valence-corrected chi connectivity index (χ4v) is 2.99. The summed E-state index contributed by atoms with van der Waals surface area (Å²) >= 11 is 1.72. The Hall–Kier alpha value is -1.94. The molecule has 0 radical (unpaired) electrons. The van der Waals surface area contributed by atoms with Crippen molar-refractivity contribution < 1.29 is 4.42 Å². The van der Waals surface area contributed by atoms with Crippen LogP contribution in [0.25, 0.3) is 10.9 Å². The molecule has 0 fully saturated rings. The van der Waals surface area contributed by atoms with Gasteiger partial charge in [-0.05, 0) is 31.2 Å². The lowest BCUT2D eigenvalue weighted by atomic mass is 10.1. The van der Waals surface area contributed by atoms with Crippen LogP contribution >= 0.6 is 11.8 Å². The molecule has 0 aliphatic heterocycles. The van der Waals surface area contributed by atoms with Crippen LogP contribution in [0.1, 0.15) is 17.0 Å². The van der Waals surface area contributed by atoms with E-state index in [0.717, 1.165) is 39.4 Å². The van der Waals surface area contributed by atoms with E-state index < -0.39 is 0 Å². The Bertz CT molecular complexity index is 775. The Morgan fingerprint density at radius 3 is 2.90 bits per heavy atom. The molecule has 2 heterocycles. The summed E-state index contributed by atoms with van der Waals surface area (Å²) in [5, 5.41) is 0.754. The van der Waals surface area contributed by atoms with Crippen molar-refractivity contribution in [3.63, 3.8) is 0 Å². The molecule has 3 aromatic rings. The van der Waals surface area contributed by atoms with E-state index in [-0.39, 0.29) is 5.43 Å². The maximum atomic E-state index is 12.1. The quantitative estimate of drug-likeness (QED) is 0.791. The summed E-state index contributed by atoms with van der Waals surface area (Å²) in [6.07, 6.45) is 1.68. The third-order valence-corrected chi connectivity index (χ3v) is 4.13. The first-order valence-corrected chi connectivity index (χ1v) is 7.60. The van der Waals surface area contributed by atoms with Crippen molar-refractivity contribution in [3.8, 4) is 0 Å². The van der Waals surface area contributed by atoms with E-state index in [4.69, 9.17) is 4.42 Å². The number of benzene rings is 1. The number of rotatable bonds is 4. The molecular weight excluding hydrogens is 270 g/mol. The molecule has 2 aromatic heterocycles. The minimum absolute atomic E-state index is 0.0797. The van der Waals surface area contributed by atoms with Crippen molar-refractivity contribution in [2.24, 2.45) is 0 Å². The first-order valence-electron chi connectivity index (χ1n) is 6.45. The molecule has 0 unspecified atom stereocenters. The number of fused-ring (bicyclic) bond motifs is 1. The number of thioether (sulfide) groups is 1. The number of aryl methyl sites for hydroxylation is 1. The van der Waals surface area contributed by atoms with Crippen LogP contribution in [0.3, 0.4) is 0 Å². The Morgan fingerprint density at radius 1 is 1.20 bits per heavy atom. The molecular formula is C16H15NO2S. The summed E-state index contributed by atoms with van der Waals surface area (Å²) < 4.78 is 5.29. The Balaban J connectivity index is 1.78. The maximum absolute atomic E-state index is 12.1. The van der Waals surface area contributed by atoms with Gasteiger partial charge in [0.1, 0.15) is 5.76 Å². The van der Waals surface area contributed by atoms with Crippen LogP contribution in [-0.4, -0.2) is 4.98 Å². The predicted molar refractivity (Wildman–Crippen MR) is 83.0 cm³/mol. The van der Waals surface area contributed by atoms with Crippen molar-refractivity contribution in [2.45, 2.75) is 18.4 Å². The third-order valence-electron chi connectivity index (χ3n) is 3.12. The molecule has 3 rings (SSSR count). The van der Waals surface area contributed by atoms with Gasteiger partial charge in [-0.3, -0.25) is 4.79 Å². The summed E-state index contributed by atoms with van der Waals surface area (Å²) in [6.45, 7) is 1.99. The second-order valence-corrected chi connectivity index (χ2v) is 5.77. The lowest BCUT2D eigenvalue weighted by Gasteiger charge is -2.04. The van der Waals surface area contributed by atoms with Gasteiger partial charge in [-0.1, -0.05) is 11.6 Å². The van der Waals surface area contributed by atoms with E-state index in [9.17, 15) is 4.79 Å². The fourth-order valence-electron chi connectivity index (χ4n) is 2.15. The summed E-state index contributed by atoms with van der Waals surface area (Å²) in [4.78, 5) is 15.4. The number of H-pyrrole nitrogens is 1. The van der Waals surface area contributed by atoms with Gasteiger partial charge >= 0.3 is 0 Å². The molecule has 102 valence electrons. The van der Waals surface area contributed by atoms with Gasteiger partial charge in [-0.15, -0.1) is 11.8 Å². The second-order valence-electron chi connectivity index (χ2n) is 4.78. The van der Waals surface area contributed by atoms with Crippen LogP contribution in [0.15, 0.2) is 51.9 Å². The van der Waals surface area contributed by atoms with E-state index in [1.165, 1.54) is 0 Å². The van der Waals surface area contributed by atoms with Gasteiger partial charge in [-0.2, -0.15) is 0 Å². The molecule has 0 saturated carbocycles. The number of hydrogen-bond donors (Lipinski definition) is 1. The Morgan fingerprint density at radius 2 is 2.10 bits per heavy atom. The van der Waals surface area contributed by atoms with Gasteiger partial charge in [-0.25, -0.2) is 0 Å². The zero-order chi connectivity index (χ0) is 13.9. The van der Waals surface area contributed by atoms with Crippen LogP contribution in [0.4, 0.5) is 0 Å². The standard InChI is InChI=1S/C16H15NO2S/c1-11-4-5-15-14(7-11)16(18)8-12(17-15)9-20-10-13-3-2-6-19-13/h2-8H,9-10H2,1H3,(H,17,18). The van der Waals surface area contributed by atoms with Gasteiger partial charge in [0, 0.05) is 28.4 Å². The van der Waals surface area contributed by atoms with Crippen molar-refractivity contribution in [1.29, 1.82) is 0 Å². The van der Waals surface area contributed by atoms with E-state index in [1.807, 2.05) is 37.3 Å². The van der Waals surface area contributed by atoms with E-state index in [1.54, 1.807) is 24.1 Å². The van der Waals surface area contributed by atoms with E-state index >= 15 is 0 Å². The fraction of sp³-hybridized carbons (Fsp3) is 0.188.